The highest BCUT2D eigenvalue weighted by Crippen LogP contribution is 2.19. The molecule has 2 aromatic heterocycles. The quantitative estimate of drug-likeness (QED) is 0.791. The van der Waals surface area contributed by atoms with Crippen LogP contribution in [0, 0.1) is 0 Å². The molecule has 29 heavy (non-hydrogen) atoms. The number of ether oxygens (including phenoxy) is 1. The van der Waals surface area contributed by atoms with Crippen molar-refractivity contribution in [3.05, 3.63) is 52.1 Å². The minimum atomic E-state index is -0.298. The molecule has 4 rings (SSSR count). The van der Waals surface area contributed by atoms with Gasteiger partial charge in [0.15, 0.2) is 5.75 Å². The summed E-state index contributed by atoms with van der Waals surface area (Å²) in [4.78, 5) is 23.7. The average Bonchev–Trinajstić information content (AvgIpc) is 2.77. The average molecular weight is 399 g/mol. The van der Waals surface area contributed by atoms with Gasteiger partial charge in [-0.1, -0.05) is 6.07 Å². The summed E-state index contributed by atoms with van der Waals surface area (Å²) in [7, 11) is 1.94. The lowest BCUT2D eigenvalue weighted by Gasteiger charge is -2.36. The lowest BCUT2D eigenvalue weighted by atomic mass is 10.2. The minimum Gasteiger partial charge on any atom is -0.503 e. The Morgan fingerprint density at radius 2 is 1.76 bits per heavy atom. The number of nitrogens with zero attached hydrogens (tertiary/aromatic N) is 5. The van der Waals surface area contributed by atoms with Crippen LogP contribution in [0.2, 0.25) is 0 Å². The van der Waals surface area contributed by atoms with Crippen molar-refractivity contribution >= 4 is 5.82 Å². The number of piperazine rings is 1. The highest BCUT2D eigenvalue weighted by Gasteiger charge is 2.22. The van der Waals surface area contributed by atoms with Gasteiger partial charge in [0, 0.05) is 77.4 Å². The van der Waals surface area contributed by atoms with Gasteiger partial charge in [0.05, 0.1) is 18.9 Å². The molecule has 0 atom stereocenters. The van der Waals surface area contributed by atoms with Gasteiger partial charge in [-0.25, -0.2) is 4.98 Å². The molecule has 8 heteroatoms. The van der Waals surface area contributed by atoms with Crippen molar-refractivity contribution in [3.63, 3.8) is 0 Å². The predicted molar refractivity (Wildman–Crippen MR) is 111 cm³/mol. The summed E-state index contributed by atoms with van der Waals surface area (Å²) < 4.78 is 7.39. The zero-order valence-corrected chi connectivity index (χ0v) is 17.0. The molecule has 0 amide bonds. The van der Waals surface area contributed by atoms with Crippen molar-refractivity contribution in [1.82, 2.24) is 19.4 Å². The first kappa shape index (κ1) is 19.9. The van der Waals surface area contributed by atoms with E-state index in [1.165, 1.54) is 0 Å². The molecule has 156 valence electrons. The molecule has 4 heterocycles. The van der Waals surface area contributed by atoms with Crippen molar-refractivity contribution in [2.45, 2.75) is 13.1 Å². The lowest BCUT2D eigenvalue weighted by Crippen LogP contribution is -2.46. The maximum absolute atomic E-state index is 12.4. The van der Waals surface area contributed by atoms with E-state index < -0.39 is 0 Å². The second-order valence-electron chi connectivity index (χ2n) is 7.69. The summed E-state index contributed by atoms with van der Waals surface area (Å²) in [6, 6.07) is 7.52. The van der Waals surface area contributed by atoms with Gasteiger partial charge in [0.2, 0.25) is 5.43 Å². The first-order valence-corrected chi connectivity index (χ1v) is 10.2. The molecule has 1 N–H and O–H groups in total. The fourth-order valence-corrected chi connectivity index (χ4v) is 4.00. The lowest BCUT2D eigenvalue weighted by molar-refractivity contribution is 0.0331. The molecule has 0 unspecified atom stereocenters. The van der Waals surface area contributed by atoms with Gasteiger partial charge in [0.1, 0.15) is 5.82 Å². The van der Waals surface area contributed by atoms with Gasteiger partial charge >= 0.3 is 0 Å². The molecule has 0 radical (unpaired) electrons. The van der Waals surface area contributed by atoms with Crippen LogP contribution in [0.15, 0.2) is 35.3 Å². The number of rotatable bonds is 5. The van der Waals surface area contributed by atoms with E-state index >= 15 is 0 Å². The van der Waals surface area contributed by atoms with Crippen LogP contribution in [0.25, 0.3) is 0 Å². The highest BCUT2D eigenvalue weighted by molar-refractivity contribution is 5.38. The second kappa shape index (κ2) is 8.94. The Hall–Kier alpha value is -2.42. The number of pyridine rings is 2. The Morgan fingerprint density at radius 3 is 2.45 bits per heavy atom. The molecule has 8 nitrogen and oxygen atoms in total. The van der Waals surface area contributed by atoms with Gasteiger partial charge in [-0.05, 0) is 12.1 Å². The molecule has 0 aromatic carbocycles. The van der Waals surface area contributed by atoms with Crippen LogP contribution in [-0.4, -0.2) is 76.9 Å². The number of aromatic nitrogens is 2. The van der Waals surface area contributed by atoms with Gasteiger partial charge in [-0.2, -0.15) is 0 Å². The Morgan fingerprint density at radius 1 is 1.03 bits per heavy atom. The standard InChI is InChI=1S/C21H29N5O3/c1-23-17(15-25-10-12-29-13-11-25)14-19(27)21(28)18(23)16-24-6-8-26(9-7-24)20-4-2-3-5-22-20/h2-5,14,28H,6-13,15-16H2,1H3. The van der Waals surface area contributed by atoms with Crippen LogP contribution in [0.1, 0.15) is 11.4 Å². The van der Waals surface area contributed by atoms with Gasteiger partial charge in [-0.3, -0.25) is 14.6 Å². The Balaban J connectivity index is 1.45. The Kier molecular flexibility index (Phi) is 6.13. The van der Waals surface area contributed by atoms with Crippen LogP contribution >= 0.6 is 0 Å². The van der Waals surface area contributed by atoms with Crippen LogP contribution in [-0.2, 0) is 24.9 Å². The van der Waals surface area contributed by atoms with Gasteiger partial charge < -0.3 is 19.3 Å². The molecule has 2 fully saturated rings. The molecule has 0 saturated carbocycles. The van der Waals surface area contributed by atoms with E-state index in [0.29, 0.717) is 18.8 Å². The largest absolute Gasteiger partial charge is 0.503 e. The van der Waals surface area contributed by atoms with E-state index in [9.17, 15) is 9.90 Å². The third-order valence-corrected chi connectivity index (χ3v) is 5.85. The predicted octanol–water partition coefficient (Wildman–Crippen LogP) is 0.640. The Bertz CT molecular complexity index is 872. The van der Waals surface area contributed by atoms with Crippen molar-refractivity contribution < 1.29 is 9.84 Å². The summed E-state index contributed by atoms with van der Waals surface area (Å²) in [5.74, 6) is 0.861. The molecule has 2 saturated heterocycles. The molecule has 2 aliphatic heterocycles. The number of anilines is 1. The van der Waals surface area contributed by atoms with Gasteiger partial charge in [-0.15, -0.1) is 0 Å². The summed E-state index contributed by atoms with van der Waals surface area (Å²) in [5.41, 5.74) is 1.32. The first-order valence-electron chi connectivity index (χ1n) is 10.2. The van der Waals surface area contributed by atoms with E-state index in [1.807, 2.05) is 36.0 Å². The van der Waals surface area contributed by atoms with E-state index in [4.69, 9.17) is 4.74 Å². The van der Waals surface area contributed by atoms with Crippen molar-refractivity contribution in [1.29, 1.82) is 0 Å². The number of aromatic hydroxyl groups is 1. The third-order valence-electron chi connectivity index (χ3n) is 5.85. The monoisotopic (exact) mass is 399 g/mol. The molecular weight excluding hydrogens is 370 g/mol. The topological polar surface area (TPSA) is 74.1 Å². The SMILES string of the molecule is Cn1c(CN2CCOCC2)cc(=O)c(O)c1CN1CCN(c2ccccn2)CC1. The molecule has 0 spiro atoms. The third kappa shape index (κ3) is 4.60. The van der Waals surface area contributed by atoms with Crippen LogP contribution in [0.3, 0.4) is 0 Å². The zero-order chi connectivity index (χ0) is 20.2. The highest BCUT2D eigenvalue weighted by atomic mass is 16.5. The molecule has 2 aromatic rings. The second-order valence-corrected chi connectivity index (χ2v) is 7.69. The van der Waals surface area contributed by atoms with E-state index in [0.717, 1.165) is 64.0 Å². The van der Waals surface area contributed by atoms with E-state index in [2.05, 4.69) is 19.7 Å². The first-order chi connectivity index (χ1) is 14.1. The smallest absolute Gasteiger partial charge is 0.223 e. The van der Waals surface area contributed by atoms with Gasteiger partial charge in [0.25, 0.3) is 0 Å². The maximum atomic E-state index is 12.4. The number of hydrogen-bond donors (Lipinski definition) is 1. The molecule has 0 aliphatic carbocycles. The molecular formula is C21H29N5O3. The van der Waals surface area contributed by atoms with Crippen molar-refractivity contribution in [2.24, 2.45) is 7.05 Å². The fraction of sp³-hybridized carbons (Fsp3) is 0.524. The van der Waals surface area contributed by atoms with Crippen molar-refractivity contribution in [3.8, 4) is 5.75 Å². The van der Waals surface area contributed by atoms with E-state index in [1.54, 1.807) is 6.07 Å². The zero-order valence-electron chi connectivity index (χ0n) is 17.0. The summed E-state index contributed by atoms with van der Waals surface area (Å²) in [6.07, 6.45) is 1.81. The van der Waals surface area contributed by atoms with Crippen LogP contribution in [0.4, 0.5) is 5.82 Å². The Labute approximate surface area is 170 Å². The summed E-state index contributed by atoms with van der Waals surface area (Å²) >= 11 is 0. The van der Waals surface area contributed by atoms with E-state index in [-0.39, 0.29) is 11.2 Å². The van der Waals surface area contributed by atoms with Crippen molar-refractivity contribution in [2.75, 3.05) is 57.4 Å². The maximum Gasteiger partial charge on any atom is 0.223 e. The molecule has 0 bridgehead atoms. The summed E-state index contributed by atoms with van der Waals surface area (Å²) in [6.45, 7) is 7.88. The molecule has 2 aliphatic rings. The minimum absolute atomic E-state index is 0.134. The summed E-state index contributed by atoms with van der Waals surface area (Å²) in [5, 5.41) is 10.5. The van der Waals surface area contributed by atoms with Crippen LogP contribution in [0.5, 0.6) is 5.75 Å². The normalized spacial score (nSPS) is 18.9. The van der Waals surface area contributed by atoms with Crippen LogP contribution < -0.4 is 10.3 Å². The number of hydrogen-bond acceptors (Lipinski definition) is 7. The number of morpholine rings is 1. The fourth-order valence-electron chi connectivity index (χ4n) is 4.00.